The third-order valence-corrected chi connectivity index (χ3v) is 3.35. The normalized spacial score (nSPS) is 11.7. The Kier molecular flexibility index (Phi) is 4.91. The number of aromatic nitrogens is 1. The minimum absolute atomic E-state index is 0.000180. The molecule has 0 aliphatic heterocycles. The molecule has 1 heterocycles. The van der Waals surface area contributed by atoms with Gasteiger partial charge in [-0.2, -0.15) is 5.26 Å². The Hall–Kier alpha value is -2.38. The average Bonchev–Trinajstić information content (AvgIpc) is 2.47. The van der Waals surface area contributed by atoms with E-state index in [2.05, 4.69) is 16.4 Å². The summed E-state index contributed by atoms with van der Waals surface area (Å²) in [6.07, 6.45) is 0.697. The third kappa shape index (κ3) is 3.80. The molecule has 108 valence electrons. The van der Waals surface area contributed by atoms with Crippen LogP contribution in [0.15, 0.2) is 36.4 Å². The quantitative estimate of drug-likeness (QED) is 0.884. The van der Waals surface area contributed by atoms with Gasteiger partial charge in [0.2, 0.25) is 0 Å². The van der Waals surface area contributed by atoms with Crippen LogP contribution in [0.1, 0.15) is 22.5 Å². The molecular formula is C17H19N3O. The van der Waals surface area contributed by atoms with Crippen molar-refractivity contribution in [1.82, 2.24) is 4.98 Å². The van der Waals surface area contributed by atoms with Crippen LogP contribution in [-0.4, -0.2) is 22.7 Å². The highest BCUT2D eigenvalue weighted by atomic mass is 16.3. The first-order chi connectivity index (χ1) is 10.1. The highest BCUT2D eigenvalue weighted by Gasteiger charge is 2.13. The number of rotatable bonds is 5. The van der Waals surface area contributed by atoms with Crippen molar-refractivity contribution >= 4 is 5.69 Å². The molecule has 1 aromatic carbocycles. The van der Waals surface area contributed by atoms with E-state index < -0.39 is 0 Å². The van der Waals surface area contributed by atoms with Gasteiger partial charge in [-0.3, -0.25) is 4.98 Å². The summed E-state index contributed by atoms with van der Waals surface area (Å²) in [6.45, 7) is 3.71. The second-order valence-corrected chi connectivity index (χ2v) is 5.10. The van der Waals surface area contributed by atoms with Gasteiger partial charge < -0.3 is 10.4 Å². The molecule has 1 aromatic heterocycles. The van der Waals surface area contributed by atoms with E-state index in [-0.39, 0.29) is 12.6 Å². The topological polar surface area (TPSA) is 68.9 Å². The lowest BCUT2D eigenvalue weighted by atomic mass is 10.1. The van der Waals surface area contributed by atoms with Gasteiger partial charge in [-0.1, -0.05) is 30.3 Å². The maximum absolute atomic E-state index is 9.59. The van der Waals surface area contributed by atoms with Gasteiger partial charge >= 0.3 is 0 Å². The van der Waals surface area contributed by atoms with Gasteiger partial charge in [0.25, 0.3) is 0 Å². The van der Waals surface area contributed by atoms with Gasteiger partial charge in [0, 0.05) is 5.69 Å². The second kappa shape index (κ2) is 6.87. The van der Waals surface area contributed by atoms with Crippen molar-refractivity contribution in [3.05, 3.63) is 58.9 Å². The van der Waals surface area contributed by atoms with Crippen molar-refractivity contribution in [2.45, 2.75) is 26.3 Å². The molecule has 0 spiro atoms. The Morgan fingerprint density at radius 1 is 1.29 bits per heavy atom. The summed E-state index contributed by atoms with van der Waals surface area (Å²) in [4.78, 5) is 4.30. The zero-order valence-electron chi connectivity index (χ0n) is 12.3. The minimum Gasteiger partial charge on any atom is -0.394 e. The van der Waals surface area contributed by atoms with Crippen LogP contribution in [0.4, 0.5) is 5.69 Å². The number of hydrogen-bond acceptors (Lipinski definition) is 4. The molecule has 4 heteroatoms. The van der Waals surface area contributed by atoms with Crippen LogP contribution in [0, 0.1) is 25.2 Å². The molecule has 2 N–H and O–H groups in total. The number of pyridine rings is 1. The van der Waals surface area contributed by atoms with Crippen LogP contribution >= 0.6 is 0 Å². The summed E-state index contributed by atoms with van der Waals surface area (Å²) in [5.41, 5.74) is 3.97. The lowest BCUT2D eigenvalue weighted by Gasteiger charge is -2.19. The smallest absolute Gasteiger partial charge is 0.103 e. The molecule has 2 aromatic rings. The van der Waals surface area contributed by atoms with Crippen molar-refractivity contribution in [3.63, 3.8) is 0 Å². The van der Waals surface area contributed by atoms with Gasteiger partial charge in [-0.05, 0) is 31.9 Å². The number of anilines is 1. The van der Waals surface area contributed by atoms with Gasteiger partial charge in [-0.15, -0.1) is 0 Å². The summed E-state index contributed by atoms with van der Waals surface area (Å²) in [6, 6.07) is 13.9. The number of hydrogen-bond donors (Lipinski definition) is 2. The Bertz CT molecular complexity index is 647. The van der Waals surface area contributed by atoms with Crippen LogP contribution < -0.4 is 5.32 Å². The fourth-order valence-corrected chi connectivity index (χ4v) is 2.36. The number of aliphatic hydroxyl groups excluding tert-OH is 1. The highest BCUT2D eigenvalue weighted by molar-refractivity contribution is 5.60. The lowest BCUT2D eigenvalue weighted by Crippen LogP contribution is -2.27. The predicted molar refractivity (Wildman–Crippen MR) is 83.1 cm³/mol. The Labute approximate surface area is 125 Å². The summed E-state index contributed by atoms with van der Waals surface area (Å²) in [7, 11) is 0. The van der Waals surface area contributed by atoms with Crippen molar-refractivity contribution in [2.24, 2.45) is 0 Å². The monoisotopic (exact) mass is 281 g/mol. The standard InChI is InChI=1S/C17H19N3O/c1-12-8-17(16(10-18)13(2)19-12)20-15(11-21)9-14-6-4-3-5-7-14/h3-8,15,21H,9,11H2,1-2H3,(H,19,20). The van der Waals surface area contributed by atoms with Crippen molar-refractivity contribution in [1.29, 1.82) is 5.26 Å². The molecule has 0 aliphatic carbocycles. The maximum atomic E-state index is 9.59. The molecule has 0 radical (unpaired) electrons. The number of nitriles is 1. The van der Waals surface area contributed by atoms with Crippen LogP contribution in [0.25, 0.3) is 0 Å². The molecular weight excluding hydrogens is 262 g/mol. The Morgan fingerprint density at radius 3 is 2.62 bits per heavy atom. The molecule has 0 bridgehead atoms. The number of aliphatic hydroxyl groups is 1. The van der Waals surface area contributed by atoms with E-state index in [0.717, 1.165) is 16.9 Å². The van der Waals surface area contributed by atoms with Crippen LogP contribution in [0.2, 0.25) is 0 Å². The van der Waals surface area contributed by atoms with Crippen LogP contribution in [-0.2, 0) is 6.42 Å². The number of benzene rings is 1. The van der Waals surface area contributed by atoms with E-state index in [1.807, 2.05) is 50.2 Å². The molecule has 21 heavy (non-hydrogen) atoms. The largest absolute Gasteiger partial charge is 0.394 e. The Balaban J connectivity index is 2.21. The molecule has 0 amide bonds. The number of aryl methyl sites for hydroxylation is 2. The van der Waals surface area contributed by atoms with E-state index in [1.54, 1.807) is 0 Å². The molecule has 1 unspecified atom stereocenters. The van der Waals surface area contributed by atoms with E-state index >= 15 is 0 Å². The van der Waals surface area contributed by atoms with Crippen molar-refractivity contribution < 1.29 is 5.11 Å². The van der Waals surface area contributed by atoms with Crippen LogP contribution in [0.3, 0.4) is 0 Å². The third-order valence-electron chi connectivity index (χ3n) is 3.35. The first-order valence-electron chi connectivity index (χ1n) is 6.93. The predicted octanol–water partition coefficient (Wildman–Crippen LogP) is 2.59. The molecule has 0 aliphatic rings. The number of nitrogens with one attached hydrogen (secondary N) is 1. The van der Waals surface area contributed by atoms with E-state index in [9.17, 15) is 10.4 Å². The van der Waals surface area contributed by atoms with E-state index in [0.29, 0.717) is 17.7 Å². The Morgan fingerprint density at radius 2 is 2.00 bits per heavy atom. The van der Waals surface area contributed by atoms with Gasteiger partial charge in [0.05, 0.1) is 29.6 Å². The summed E-state index contributed by atoms with van der Waals surface area (Å²) < 4.78 is 0. The lowest BCUT2D eigenvalue weighted by molar-refractivity contribution is 0.273. The zero-order valence-corrected chi connectivity index (χ0v) is 12.3. The summed E-state index contributed by atoms with van der Waals surface area (Å²) in [5, 5.41) is 22.1. The first-order valence-corrected chi connectivity index (χ1v) is 6.93. The van der Waals surface area contributed by atoms with Gasteiger partial charge in [0.1, 0.15) is 6.07 Å². The second-order valence-electron chi connectivity index (χ2n) is 5.10. The van der Waals surface area contributed by atoms with E-state index in [1.165, 1.54) is 0 Å². The van der Waals surface area contributed by atoms with Gasteiger partial charge in [-0.25, -0.2) is 0 Å². The summed E-state index contributed by atoms with van der Waals surface area (Å²) in [5.74, 6) is 0. The summed E-state index contributed by atoms with van der Waals surface area (Å²) >= 11 is 0. The zero-order chi connectivity index (χ0) is 15.2. The van der Waals surface area contributed by atoms with Crippen molar-refractivity contribution in [2.75, 3.05) is 11.9 Å². The molecule has 2 rings (SSSR count). The first kappa shape index (κ1) is 15.0. The van der Waals surface area contributed by atoms with E-state index in [4.69, 9.17) is 0 Å². The molecule has 1 atom stereocenters. The number of nitrogens with zero attached hydrogens (tertiary/aromatic N) is 2. The van der Waals surface area contributed by atoms with Gasteiger partial charge in [0.15, 0.2) is 0 Å². The molecule has 0 saturated heterocycles. The fraction of sp³-hybridized carbons (Fsp3) is 0.294. The molecule has 4 nitrogen and oxygen atoms in total. The minimum atomic E-state index is -0.138. The average molecular weight is 281 g/mol. The van der Waals surface area contributed by atoms with Crippen LogP contribution in [0.5, 0.6) is 0 Å². The fourth-order valence-electron chi connectivity index (χ4n) is 2.36. The SMILES string of the molecule is Cc1cc(NC(CO)Cc2ccccc2)c(C#N)c(C)n1. The highest BCUT2D eigenvalue weighted by Crippen LogP contribution is 2.20. The maximum Gasteiger partial charge on any atom is 0.103 e. The molecule has 0 saturated carbocycles. The van der Waals surface area contributed by atoms with Crippen molar-refractivity contribution in [3.8, 4) is 6.07 Å². The molecule has 0 fully saturated rings.